The first-order valence-electron chi connectivity index (χ1n) is 15.5. The molecule has 244 valence electrons. The first kappa shape index (κ1) is 30.7. The number of benzene rings is 5. The molecule has 1 spiro atoms. The second kappa shape index (κ2) is 11.6. The maximum Gasteiger partial charge on any atom is 0.297 e. The number of amides is 2. The molecule has 9 rings (SSSR count). The summed E-state index contributed by atoms with van der Waals surface area (Å²) in [7, 11) is 0. The monoisotopic (exact) mass is 716 g/mol. The predicted molar refractivity (Wildman–Crippen MR) is 193 cm³/mol. The van der Waals surface area contributed by atoms with Crippen LogP contribution in [0.5, 0.6) is 0 Å². The summed E-state index contributed by atoms with van der Waals surface area (Å²) in [5, 5.41) is 11.7. The zero-order valence-corrected chi connectivity index (χ0v) is 28.2. The average Bonchev–Trinajstić information content (AvgIpc) is 3.77. The number of para-hydroxylation sites is 1. The Balaban J connectivity index is 1.20. The van der Waals surface area contributed by atoms with Crippen molar-refractivity contribution < 1.29 is 18.4 Å². The molecule has 2 amide bonds. The van der Waals surface area contributed by atoms with Crippen molar-refractivity contribution in [2.75, 3.05) is 9.80 Å². The van der Waals surface area contributed by atoms with E-state index in [1.807, 2.05) is 30.3 Å². The van der Waals surface area contributed by atoms with Gasteiger partial charge in [0.2, 0.25) is 10.9 Å². The lowest BCUT2D eigenvalue weighted by Crippen LogP contribution is -2.53. The van der Waals surface area contributed by atoms with Gasteiger partial charge in [-0.25, -0.2) is 4.39 Å². The quantitative estimate of drug-likeness (QED) is 0.126. The highest BCUT2D eigenvalue weighted by atomic mass is 35.5. The molecule has 0 saturated heterocycles. The predicted octanol–water partition coefficient (Wildman–Crippen LogP) is 8.33. The summed E-state index contributed by atoms with van der Waals surface area (Å²) in [4.78, 5) is 47.0. The summed E-state index contributed by atoms with van der Waals surface area (Å²) in [6, 6.07) is 31.9. The number of hydrogen-bond acceptors (Lipinski definition) is 8. The second-order valence-electron chi connectivity index (χ2n) is 11.9. The Kier molecular flexibility index (Phi) is 7.13. The molecule has 0 N–H and O–H groups in total. The van der Waals surface area contributed by atoms with Gasteiger partial charge in [0.05, 0.1) is 23.2 Å². The molecule has 2 aliphatic rings. The van der Waals surface area contributed by atoms with Crippen LogP contribution in [0.25, 0.3) is 21.7 Å². The van der Waals surface area contributed by atoms with Crippen molar-refractivity contribution in [1.82, 2.24) is 10.2 Å². The molecule has 0 aliphatic carbocycles. The Labute approximate surface area is 296 Å². The molecule has 12 heteroatoms. The third-order valence-corrected chi connectivity index (χ3v) is 11.5. The summed E-state index contributed by atoms with van der Waals surface area (Å²) in [5.41, 5.74) is -0.0334. The van der Waals surface area contributed by atoms with Gasteiger partial charge in [-0.1, -0.05) is 107 Å². The minimum atomic E-state index is -1.99. The van der Waals surface area contributed by atoms with Crippen LogP contribution in [0, 0.1) is 5.82 Å². The van der Waals surface area contributed by atoms with Crippen molar-refractivity contribution >= 4 is 79.1 Å². The van der Waals surface area contributed by atoms with Gasteiger partial charge < -0.3 is 9.32 Å². The van der Waals surface area contributed by atoms with Crippen LogP contribution in [0.1, 0.15) is 32.8 Å². The van der Waals surface area contributed by atoms with Crippen molar-refractivity contribution in [3.8, 4) is 0 Å². The number of hydrogen-bond donors (Lipinski definition) is 0. The van der Waals surface area contributed by atoms with Crippen LogP contribution >= 0.6 is 34.7 Å². The number of halogens is 2. The molecule has 5 aromatic carbocycles. The number of aromatic nitrogens is 2. The number of anilines is 2. The zero-order chi connectivity index (χ0) is 34.1. The summed E-state index contributed by atoms with van der Waals surface area (Å²) in [6.07, 6.45) is 0. The highest BCUT2D eigenvalue weighted by Gasteiger charge is 2.66. The van der Waals surface area contributed by atoms with Gasteiger partial charge in [-0.3, -0.25) is 19.3 Å². The molecule has 1 unspecified atom stereocenters. The van der Waals surface area contributed by atoms with Crippen LogP contribution in [0.3, 0.4) is 0 Å². The maximum absolute atomic E-state index is 15.1. The van der Waals surface area contributed by atoms with E-state index in [9.17, 15) is 14.0 Å². The van der Waals surface area contributed by atoms with E-state index in [2.05, 4.69) is 34.5 Å². The summed E-state index contributed by atoms with van der Waals surface area (Å²) in [6.45, 7) is 0.127. The molecule has 0 saturated carbocycles. The number of nitrogens with zero attached hydrogens (tertiary/aromatic N) is 4. The van der Waals surface area contributed by atoms with E-state index < -0.39 is 28.6 Å². The van der Waals surface area contributed by atoms with Crippen LogP contribution < -0.4 is 15.2 Å². The molecule has 7 aromatic rings. The first-order chi connectivity index (χ1) is 24.3. The fourth-order valence-electron chi connectivity index (χ4n) is 6.97. The van der Waals surface area contributed by atoms with Gasteiger partial charge in [-0.05, 0) is 58.3 Å². The number of thioether (sulfide) groups is 1. The standard InChI is InChI=1S/C38H22ClFN4O4S2/c39-24-14-12-21(13-15-24)19-43-29-11-4-3-10-28(29)38(35(43)47)31-32(45)27-18-25(40)16-17-30(27)48-33(31)34(46)44(38)36-41-42-37(50-36)49-20-23-8-5-7-22-6-1-2-9-26(22)23/h1-18H,19-20H2. The largest absolute Gasteiger partial charge is 0.450 e. The van der Waals surface area contributed by atoms with E-state index >= 15 is 4.79 Å². The Morgan fingerprint density at radius 1 is 0.860 bits per heavy atom. The van der Waals surface area contributed by atoms with E-state index in [0.717, 1.165) is 45.4 Å². The molecule has 0 radical (unpaired) electrons. The maximum atomic E-state index is 15.1. The van der Waals surface area contributed by atoms with Crippen LogP contribution in [-0.4, -0.2) is 22.0 Å². The van der Waals surface area contributed by atoms with Gasteiger partial charge in [-0.15, -0.1) is 10.2 Å². The molecular formula is C38H22ClFN4O4S2. The van der Waals surface area contributed by atoms with Crippen molar-refractivity contribution in [2.24, 2.45) is 0 Å². The second-order valence-corrected chi connectivity index (χ2v) is 14.6. The average molecular weight is 717 g/mol. The van der Waals surface area contributed by atoms with Crippen LogP contribution in [0.2, 0.25) is 5.02 Å². The topological polar surface area (TPSA) is 96.6 Å². The van der Waals surface area contributed by atoms with Gasteiger partial charge in [0, 0.05) is 16.3 Å². The Morgan fingerprint density at radius 3 is 2.50 bits per heavy atom. The number of fused-ring (bicyclic) bond motifs is 6. The minimum Gasteiger partial charge on any atom is -0.450 e. The van der Waals surface area contributed by atoms with Crippen LogP contribution in [-0.2, 0) is 22.6 Å². The minimum absolute atomic E-state index is 0.0286. The number of carbonyl (C=O) groups is 2. The van der Waals surface area contributed by atoms with Gasteiger partial charge in [0.1, 0.15) is 11.4 Å². The molecule has 1 atom stereocenters. The van der Waals surface area contributed by atoms with E-state index in [-0.39, 0.29) is 34.0 Å². The molecule has 2 aliphatic heterocycles. The zero-order valence-electron chi connectivity index (χ0n) is 25.8. The van der Waals surface area contributed by atoms with Gasteiger partial charge in [0.15, 0.2) is 15.3 Å². The molecule has 50 heavy (non-hydrogen) atoms. The molecule has 0 fully saturated rings. The lowest BCUT2D eigenvalue weighted by Gasteiger charge is -2.32. The third-order valence-electron chi connectivity index (χ3n) is 9.16. The van der Waals surface area contributed by atoms with Crippen molar-refractivity contribution in [3.05, 3.63) is 158 Å². The number of rotatable bonds is 6. The van der Waals surface area contributed by atoms with Crippen molar-refractivity contribution in [2.45, 2.75) is 22.2 Å². The summed E-state index contributed by atoms with van der Waals surface area (Å²) >= 11 is 8.74. The van der Waals surface area contributed by atoms with E-state index in [1.54, 1.807) is 41.3 Å². The highest BCUT2D eigenvalue weighted by Crippen LogP contribution is 2.55. The highest BCUT2D eigenvalue weighted by molar-refractivity contribution is 8.00. The fourth-order valence-corrected chi connectivity index (χ4v) is 9.00. The lowest BCUT2D eigenvalue weighted by molar-refractivity contribution is -0.121. The summed E-state index contributed by atoms with van der Waals surface area (Å²) in [5.74, 6) is -1.64. The van der Waals surface area contributed by atoms with Crippen LogP contribution in [0.4, 0.5) is 15.2 Å². The molecule has 2 aromatic heterocycles. The molecular weight excluding hydrogens is 695 g/mol. The lowest BCUT2D eigenvalue weighted by atomic mass is 9.84. The van der Waals surface area contributed by atoms with Gasteiger partial charge >= 0.3 is 0 Å². The van der Waals surface area contributed by atoms with Crippen molar-refractivity contribution in [3.63, 3.8) is 0 Å². The third kappa shape index (κ3) is 4.54. The summed E-state index contributed by atoms with van der Waals surface area (Å²) < 4.78 is 21.2. The van der Waals surface area contributed by atoms with Gasteiger partial charge in [-0.2, -0.15) is 0 Å². The Bertz CT molecular complexity index is 2600. The van der Waals surface area contributed by atoms with Gasteiger partial charge in [0.25, 0.3) is 11.8 Å². The van der Waals surface area contributed by atoms with Crippen molar-refractivity contribution in [1.29, 1.82) is 0 Å². The van der Waals surface area contributed by atoms with E-state index in [0.29, 0.717) is 26.4 Å². The first-order valence-corrected chi connectivity index (χ1v) is 17.7. The SMILES string of the molecule is O=C1c2oc3ccc(F)cc3c(=O)c2C2(C(=O)N(Cc3ccc(Cl)cc3)c3ccccc32)N1c1nnc(SCc2cccc3ccccc23)s1. The molecule has 0 bridgehead atoms. The number of carbonyl (C=O) groups excluding carboxylic acids is 2. The fraction of sp³-hybridized carbons (Fsp3) is 0.0789. The smallest absolute Gasteiger partial charge is 0.297 e. The van der Waals surface area contributed by atoms with Crippen LogP contribution in [0.15, 0.2) is 123 Å². The Morgan fingerprint density at radius 2 is 1.64 bits per heavy atom. The normalized spacial score (nSPS) is 16.6. The van der Waals surface area contributed by atoms with E-state index in [1.165, 1.54) is 22.7 Å². The molecule has 8 nitrogen and oxygen atoms in total. The molecule has 4 heterocycles. The Hall–Kier alpha value is -5.36. The van der Waals surface area contributed by atoms with E-state index in [4.69, 9.17) is 16.0 Å².